The van der Waals surface area contributed by atoms with Crippen molar-refractivity contribution in [2.24, 2.45) is 12.8 Å². The van der Waals surface area contributed by atoms with E-state index in [9.17, 15) is 0 Å². The van der Waals surface area contributed by atoms with Crippen molar-refractivity contribution in [3.05, 3.63) is 47.8 Å². The number of hydrogen-bond donors (Lipinski definition) is 1. The van der Waals surface area contributed by atoms with E-state index in [1.807, 2.05) is 13.8 Å². The Kier molecular flexibility index (Phi) is 3.92. The lowest BCUT2D eigenvalue weighted by molar-refractivity contribution is 0.292. The molecule has 0 aliphatic carbocycles. The van der Waals surface area contributed by atoms with Crippen LogP contribution in [0.2, 0.25) is 0 Å². The lowest BCUT2D eigenvalue weighted by atomic mass is 9.93. The highest BCUT2D eigenvalue weighted by Crippen LogP contribution is 2.35. The zero-order chi connectivity index (χ0) is 13.1. The van der Waals surface area contributed by atoms with Crippen molar-refractivity contribution >= 4 is 0 Å². The minimum absolute atomic E-state index is 0.219. The Balaban J connectivity index is 0.000000574. The van der Waals surface area contributed by atoms with Gasteiger partial charge in [-0.1, -0.05) is 44.2 Å². The molecule has 3 heteroatoms. The number of aromatic nitrogens is 2. The van der Waals surface area contributed by atoms with Gasteiger partial charge in [-0.3, -0.25) is 9.36 Å². The van der Waals surface area contributed by atoms with Crippen LogP contribution in [0.25, 0.3) is 0 Å². The maximum Gasteiger partial charge on any atom is 0.0753 e. The van der Waals surface area contributed by atoms with E-state index in [2.05, 4.69) is 52.9 Å². The summed E-state index contributed by atoms with van der Waals surface area (Å²) in [6, 6.07) is 11.4. The van der Waals surface area contributed by atoms with Crippen LogP contribution in [-0.4, -0.2) is 9.36 Å². The number of nitrogens with zero attached hydrogens (tertiary/aromatic N) is 2. The van der Waals surface area contributed by atoms with E-state index in [1.165, 1.54) is 11.3 Å². The first-order valence-electron chi connectivity index (χ1n) is 6.81. The second-order valence-corrected chi connectivity index (χ2v) is 4.58. The average molecular weight is 245 g/mol. The van der Waals surface area contributed by atoms with Gasteiger partial charge in [0.15, 0.2) is 0 Å². The molecule has 1 aliphatic rings. The largest absolute Gasteiger partial charge is 0.323 e. The van der Waals surface area contributed by atoms with Crippen molar-refractivity contribution in [3.8, 4) is 0 Å². The molecule has 1 aliphatic heterocycles. The molecule has 0 spiro atoms. The molecule has 3 nitrogen and oxygen atoms in total. The molecule has 0 bridgehead atoms. The van der Waals surface area contributed by atoms with Crippen molar-refractivity contribution in [1.82, 2.24) is 9.36 Å². The number of benzene rings is 1. The van der Waals surface area contributed by atoms with Gasteiger partial charge in [-0.2, -0.15) is 0 Å². The van der Waals surface area contributed by atoms with Gasteiger partial charge >= 0.3 is 0 Å². The second-order valence-electron chi connectivity index (χ2n) is 4.58. The summed E-state index contributed by atoms with van der Waals surface area (Å²) >= 11 is 0. The molecule has 3 rings (SSSR count). The monoisotopic (exact) mass is 245 g/mol. The molecule has 0 saturated carbocycles. The van der Waals surface area contributed by atoms with E-state index in [4.69, 9.17) is 5.73 Å². The molecule has 1 aromatic carbocycles. The molecule has 18 heavy (non-hydrogen) atoms. The Morgan fingerprint density at radius 3 is 2.39 bits per heavy atom. The van der Waals surface area contributed by atoms with E-state index < -0.39 is 0 Å². The molecule has 2 aromatic rings. The summed E-state index contributed by atoms with van der Waals surface area (Å²) in [7, 11) is 2.08. The highest BCUT2D eigenvalue weighted by atomic mass is 15.4. The molecule has 2 atom stereocenters. The van der Waals surface area contributed by atoms with Crippen LogP contribution < -0.4 is 5.73 Å². The molecule has 0 amide bonds. The summed E-state index contributed by atoms with van der Waals surface area (Å²) in [5.41, 5.74) is 8.75. The topological polar surface area (TPSA) is 35.9 Å². The molecule has 98 valence electrons. The third kappa shape index (κ3) is 2.10. The Morgan fingerprint density at radius 2 is 1.78 bits per heavy atom. The van der Waals surface area contributed by atoms with Crippen molar-refractivity contribution < 1.29 is 0 Å². The number of nitrogens with two attached hydrogens (primary N) is 1. The van der Waals surface area contributed by atoms with Gasteiger partial charge < -0.3 is 5.73 Å². The molecule has 2 heterocycles. The van der Waals surface area contributed by atoms with E-state index in [0.29, 0.717) is 6.04 Å². The summed E-state index contributed by atoms with van der Waals surface area (Å²) < 4.78 is 4.47. The lowest BCUT2D eigenvalue weighted by Gasteiger charge is -2.38. The first-order chi connectivity index (χ1) is 8.77. The fraction of sp³-hybridized carbons (Fsp3) is 0.467. The van der Waals surface area contributed by atoms with Gasteiger partial charge in [0.05, 0.1) is 11.7 Å². The van der Waals surface area contributed by atoms with E-state index in [0.717, 1.165) is 12.8 Å². The maximum absolute atomic E-state index is 6.09. The Morgan fingerprint density at radius 1 is 1.11 bits per heavy atom. The Labute approximate surface area is 109 Å². The normalized spacial score (nSPS) is 22.0. The zero-order valence-corrected chi connectivity index (χ0v) is 11.5. The zero-order valence-electron chi connectivity index (χ0n) is 11.5. The third-order valence-electron chi connectivity index (χ3n) is 3.53. The van der Waals surface area contributed by atoms with Gasteiger partial charge in [0.1, 0.15) is 0 Å². The minimum atomic E-state index is 0.219. The lowest BCUT2D eigenvalue weighted by Crippen LogP contribution is -2.36. The predicted octanol–water partition coefficient (Wildman–Crippen LogP) is 3.24. The smallest absolute Gasteiger partial charge is 0.0753 e. The first kappa shape index (κ1) is 13.0. The molecule has 0 radical (unpaired) electrons. The summed E-state index contributed by atoms with van der Waals surface area (Å²) in [5.74, 6) is 0. The van der Waals surface area contributed by atoms with Crippen molar-refractivity contribution in [1.29, 1.82) is 0 Å². The van der Waals surface area contributed by atoms with Crippen LogP contribution in [0.4, 0.5) is 0 Å². The van der Waals surface area contributed by atoms with Gasteiger partial charge in [-0.15, -0.1) is 0 Å². The SMILES string of the molecule is CC.Cn1cc2n1C(c1ccccc1)CCC2N. The molecule has 2 unspecified atom stereocenters. The number of aryl methyl sites for hydroxylation is 1. The fourth-order valence-corrected chi connectivity index (χ4v) is 2.69. The summed E-state index contributed by atoms with van der Waals surface area (Å²) in [6.07, 6.45) is 4.35. The maximum atomic E-state index is 6.09. The van der Waals surface area contributed by atoms with Crippen molar-refractivity contribution in [3.63, 3.8) is 0 Å². The molecular weight excluding hydrogens is 222 g/mol. The fourth-order valence-electron chi connectivity index (χ4n) is 2.69. The minimum Gasteiger partial charge on any atom is -0.323 e. The van der Waals surface area contributed by atoms with Crippen LogP contribution in [-0.2, 0) is 7.05 Å². The van der Waals surface area contributed by atoms with Gasteiger partial charge in [0.2, 0.25) is 0 Å². The Hall–Kier alpha value is -1.48. The van der Waals surface area contributed by atoms with Crippen LogP contribution in [0, 0.1) is 0 Å². The van der Waals surface area contributed by atoms with Gasteiger partial charge in [0, 0.05) is 19.3 Å². The van der Waals surface area contributed by atoms with Gasteiger partial charge in [0.25, 0.3) is 0 Å². The second kappa shape index (κ2) is 5.44. The highest BCUT2D eigenvalue weighted by Gasteiger charge is 2.28. The quantitative estimate of drug-likeness (QED) is 0.822. The van der Waals surface area contributed by atoms with Crippen molar-refractivity contribution in [2.75, 3.05) is 0 Å². The number of rotatable bonds is 1. The Bertz CT molecular complexity index is 481. The summed E-state index contributed by atoms with van der Waals surface area (Å²) in [4.78, 5) is 0. The summed E-state index contributed by atoms with van der Waals surface area (Å²) in [5, 5.41) is 0. The number of fused-ring (bicyclic) bond motifs is 1. The standard InChI is InChI=1S/C13H17N3.C2H6/c1-15-9-13-11(14)7-8-12(16(13)15)10-5-3-2-4-6-10;1-2/h2-6,9,11-12H,7-8,14H2,1H3;1-2H3. The van der Waals surface area contributed by atoms with Gasteiger partial charge in [-0.05, 0) is 18.4 Å². The number of hydrogen-bond acceptors (Lipinski definition) is 1. The molecular formula is C15H23N3. The van der Waals surface area contributed by atoms with Gasteiger partial charge in [-0.25, -0.2) is 0 Å². The van der Waals surface area contributed by atoms with Crippen LogP contribution in [0.3, 0.4) is 0 Å². The average Bonchev–Trinajstić information content (AvgIpc) is 2.42. The van der Waals surface area contributed by atoms with Crippen molar-refractivity contribution in [2.45, 2.75) is 38.8 Å². The third-order valence-corrected chi connectivity index (χ3v) is 3.53. The molecule has 0 fully saturated rings. The molecule has 1 aromatic heterocycles. The summed E-state index contributed by atoms with van der Waals surface area (Å²) in [6.45, 7) is 4.00. The van der Waals surface area contributed by atoms with E-state index >= 15 is 0 Å². The van der Waals surface area contributed by atoms with Crippen LogP contribution in [0.1, 0.15) is 50.0 Å². The van der Waals surface area contributed by atoms with E-state index in [-0.39, 0.29) is 6.04 Å². The first-order valence-corrected chi connectivity index (χ1v) is 6.81. The molecule has 0 saturated heterocycles. The highest BCUT2D eigenvalue weighted by molar-refractivity contribution is 5.24. The van der Waals surface area contributed by atoms with Crippen LogP contribution in [0.5, 0.6) is 0 Å². The van der Waals surface area contributed by atoms with E-state index in [1.54, 1.807) is 0 Å². The predicted molar refractivity (Wildman–Crippen MR) is 75.5 cm³/mol. The molecule has 2 N–H and O–H groups in total. The van der Waals surface area contributed by atoms with Crippen LogP contribution in [0.15, 0.2) is 36.5 Å². The van der Waals surface area contributed by atoms with Crippen LogP contribution >= 0.6 is 0 Å².